The molecule has 1 aliphatic heterocycles. The van der Waals surface area contributed by atoms with Gasteiger partial charge in [0, 0.05) is 33.2 Å². The summed E-state index contributed by atoms with van der Waals surface area (Å²) in [5.41, 5.74) is 0.895. The first-order valence-corrected chi connectivity index (χ1v) is 8.94. The van der Waals surface area contributed by atoms with Crippen molar-refractivity contribution in [2.75, 3.05) is 51.3 Å². The van der Waals surface area contributed by atoms with Crippen molar-refractivity contribution in [3.63, 3.8) is 0 Å². The average molecular weight is 354 g/mol. The van der Waals surface area contributed by atoms with Crippen LogP contribution in [0.4, 0.5) is 5.69 Å². The first-order valence-electron chi connectivity index (χ1n) is 8.94. The van der Waals surface area contributed by atoms with Gasteiger partial charge in [0.15, 0.2) is 5.96 Å². The number of phenolic OH excluding ortho intramolecular Hbond substituents is 1. The Morgan fingerprint density at radius 3 is 2.42 bits per heavy atom. The molecular weight excluding hydrogens is 328 g/mol. The average Bonchev–Trinajstić information content (AvgIpc) is 2.70. The van der Waals surface area contributed by atoms with Gasteiger partial charge in [0.2, 0.25) is 0 Å². The van der Waals surface area contributed by atoms with Crippen molar-refractivity contribution >= 4 is 11.6 Å². The van der Waals surface area contributed by atoms with Crippen LogP contribution in [0.25, 0.3) is 0 Å². The van der Waals surface area contributed by atoms with Gasteiger partial charge in [-0.2, -0.15) is 0 Å². The highest BCUT2D eigenvalue weighted by atomic mass is 16.5. The highest BCUT2D eigenvalue weighted by Gasteiger charge is 2.21. The molecule has 26 heavy (non-hydrogen) atoms. The SMILES string of the molecule is CN=C(NCCOc1ccccc1)N1CCN(c2ccccc2O)CC1. The summed E-state index contributed by atoms with van der Waals surface area (Å²) in [6, 6.07) is 17.3. The Morgan fingerprint density at radius 1 is 1.04 bits per heavy atom. The molecule has 0 radical (unpaired) electrons. The fourth-order valence-corrected chi connectivity index (χ4v) is 3.07. The minimum absolute atomic E-state index is 0.335. The first-order chi connectivity index (χ1) is 12.8. The molecule has 138 valence electrons. The van der Waals surface area contributed by atoms with E-state index in [2.05, 4.69) is 20.1 Å². The molecule has 3 rings (SSSR count). The number of nitrogens with zero attached hydrogens (tertiary/aromatic N) is 3. The number of para-hydroxylation sites is 3. The van der Waals surface area contributed by atoms with Crippen LogP contribution in [0.5, 0.6) is 11.5 Å². The van der Waals surface area contributed by atoms with Crippen molar-refractivity contribution in [3.8, 4) is 11.5 Å². The summed E-state index contributed by atoms with van der Waals surface area (Å²) in [4.78, 5) is 8.82. The number of hydrogen-bond acceptors (Lipinski definition) is 4. The number of guanidine groups is 1. The molecule has 6 nitrogen and oxygen atoms in total. The summed E-state index contributed by atoms with van der Waals surface area (Å²) >= 11 is 0. The number of phenols is 1. The van der Waals surface area contributed by atoms with E-state index in [-0.39, 0.29) is 0 Å². The second-order valence-corrected chi connectivity index (χ2v) is 6.10. The number of rotatable bonds is 5. The van der Waals surface area contributed by atoms with E-state index >= 15 is 0 Å². The lowest BCUT2D eigenvalue weighted by molar-refractivity contribution is 0.315. The minimum atomic E-state index is 0.335. The van der Waals surface area contributed by atoms with E-state index in [0.29, 0.717) is 18.9 Å². The van der Waals surface area contributed by atoms with Crippen molar-refractivity contribution < 1.29 is 9.84 Å². The van der Waals surface area contributed by atoms with Gasteiger partial charge in [-0.05, 0) is 24.3 Å². The number of anilines is 1. The van der Waals surface area contributed by atoms with Gasteiger partial charge in [-0.3, -0.25) is 4.99 Å². The summed E-state index contributed by atoms with van der Waals surface area (Å²) in [7, 11) is 1.80. The fourth-order valence-electron chi connectivity index (χ4n) is 3.07. The topological polar surface area (TPSA) is 60.3 Å². The third-order valence-electron chi connectivity index (χ3n) is 4.41. The van der Waals surface area contributed by atoms with Crippen LogP contribution < -0.4 is 15.0 Å². The Kier molecular flexibility index (Phi) is 6.19. The first kappa shape index (κ1) is 17.9. The normalized spacial score (nSPS) is 15.0. The van der Waals surface area contributed by atoms with Crippen molar-refractivity contribution in [2.24, 2.45) is 4.99 Å². The standard InChI is InChI=1S/C20H26N4O2/c1-21-20(22-11-16-26-17-7-3-2-4-8-17)24-14-12-23(13-15-24)18-9-5-6-10-19(18)25/h2-10,25H,11-16H2,1H3,(H,21,22). The second kappa shape index (κ2) is 8.99. The number of hydrogen-bond donors (Lipinski definition) is 2. The molecule has 2 aromatic carbocycles. The Labute approximate surface area is 154 Å². The van der Waals surface area contributed by atoms with Gasteiger partial charge in [-0.25, -0.2) is 0 Å². The van der Waals surface area contributed by atoms with E-state index in [0.717, 1.165) is 43.6 Å². The molecule has 0 saturated carbocycles. The van der Waals surface area contributed by atoms with Crippen LogP contribution in [0.1, 0.15) is 0 Å². The van der Waals surface area contributed by atoms with Crippen molar-refractivity contribution in [2.45, 2.75) is 0 Å². The highest BCUT2D eigenvalue weighted by Crippen LogP contribution is 2.27. The Hall–Kier alpha value is -2.89. The molecule has 0 aromatic heterocycles. The second-order valence-electron chi connectivity index (χ2n) is 6.10. The third kappa shape index (κ3) is 4.59. The van der Waals surface area contributed by atoms with Crippen molar-refractivity contribution in [3.05, 3.63) is 54.6 Å². The van der Waals surface area contributed by atoms with Crippen molar-refractivity contribution in [1.82, 2.24) is 10.2 Å². The van der Waals surface area contributed by atoms with E-state index < -0.39 is 0 Å². The molecule has 0 amide bonds. The smallest absolute Gasteiger partial charge is 0.193 e. The molecule has 0 aliphatic carbocycles. The number of aromatic hydroxyl groups is 1. The van der Waals surface area contributed by atoms with E-state index in [1.54, 1.807) is 13.1 Å². The molecule has 1 heterocycles. The molecular formula is C20H26N4O2. The van der Waals surface area contributed by atoms with Crippen LogP contribution in [0, 0.1) is 0 Å². The van der Waals surface area contributed by atoms with Gasteiger partial charge in [0.1, 0.15) is 18.1 Å². The quantitative estimate of drug-likeness (QED) is 0.490. The Morgan fingerprint density at radius 2 is 1.73 bits per heavy atom. The minimum Gasteiger partial charge on any atom is -0.506 e. The lowest BCUT2D eigenvalue weighted by Gasteiger charge is -2.37. The van der Waals surface area contributed by atoms with Gasteiger partial charge in [0.05, 0.1) is 12.2 Å². The number of ether oxygens (including phenoxy) is 1. The molecule has 2 aromatic rings. The highest BCUT2D eigenvalue weighted by molar-refractivity contribution is 5.80. The Bertz CT molecular complexity index is 713. The maximum Gasteiger partial charge on any atom is 0.193 e. The van der Waals surface area contributed by atoms with Gasteiger partial charge in [-0.1, -0.05) is 30.3 Å². The maximum atomic E-state index is 10.0. The molecule has 0 spiro atoms. The predicted octanol–water partition coefficient (Wildman–Crippen LogP) is 2.17. The molecule has 0 bridgehead atoms. The van der Waals surface area contributed by atoms with Gasteiger partial charge in [-0.15, -0.1) is 0 Å². The molecule has 1 aliphatic rings. The predicted molar refractivity (Wildman–Crippen MR) is 105 cm³/mol. The van der Waals surface area contributed by atoms with Crippen LogP contribution in [0.3, 0.4) is 0 Å². The van der Waals surface area contributed by atoms with E-state index in [4.69, 9.17) is 4.74 Å². The lowest BCUT2D eigenvalue weighted by Crippen LogP contribution is -2.53. The molecule has 2 N–H and O–H groups in total. The summed E-state index contributed by atoms with van der Waals surface area (Å²) in [6.45, 7) is 4.68. The zero-order chi connectivity index (χ0) is 18.2. The van der Waals surface area contributed by atoms with Gasteiger partial charge in [0.25, 0.3) is 0 Å². The number of benzene rings is 2. The number of nitrogens with one attached hydrogen (secondary N) is 1. The third-order valence-corrected chi connectivity index (χ3v) is 4.41. The maximum absolute atomic E-state index is 10.0. The number of aliphatic imine (C=N–C) groups is 1. The van der Waals surface area contributed by atoms with Gasteiger partial charge < -0.3 is 25.0 Å². The zero-order valence-corrected chi connectivity index (χ0v) is 15.1. The number of piperazine rings is 1. The molecule has 1 saturated heterocycles. The molecule has 1 fully saturated rings. The van der Waals surface area contributed by atoms with Crippen LogP contribution in [-0.2, 0) is 0 Å². The summed E-state index contributed by atoms with van der Waals surface area (Å²) in [5.74, 6) is 2.10. The monoisotopic (exact) mass is 354 g/mol. The summed E-state index contributed by atoms with van der Waals surface area (Å²) < 4.78 is 5.70. The van der Waals surface area contributed by atoms with Crippen LogP contribution >= 0.6 is 0 Å². The van der Waals surface area contributed by atoms with E-state index in [9.17, 15) is 5.11 Å². The molecule has 0 atom stereocenters. The largest absolute Gasteiger partial charge is 0.506 e. The van der Waals surface area contributed by atoms with E-state index in [1.807, 2.05) is 48.5 Å². The lowest BCUT2D eigenvalue weighted by atomic mass is 10.2. The van der Waals surface area contributed by atoms with Gasteiger partial charge >= 0.3 is 0 Å². The van der Waals surface area contributed by atoms with E-state index in [1.165, 1.54) is 0 Å². The molecule has 0 unspecified atom stereocenters. The van der Waals surface area contributed by atoms with Crippen LogP contribution in [0.15, 0.2) is 59.6 Å². The zero-order valence-electron chi connectivity index (χ0n) is 15.1. The Balaban J connectivity index is 1.44. The molecule has 6 heteroatoms. The summed E-state index contributed by atoms with van der Waals surface area (Å²) in [6.07, 6.45) is 0. The van der Waals surface area contributed by atoms with Crippen LogP contribution in [-0.4, -0.2) is 62.3 Å². The van der Waals surface area contributed by atoms with Crippen molar-refractivity contribution in [1.29, 1.82) is 0 Å². The summed E-state index contributed by atoms with van der Waals surface area (Å²) in [5, 5.41) is 13.4. The fraction of sp³-hybridized carbons (Fsp3) is 0.350. The van der Waals surface area contributed by atoms with Crippen LogP contribution in [0.2, 0.25) is 0 Å².